The van der Waals surface area contributed by atoms with E-state index < -0.39 is 0 Å². The quantitative estimate of drug-likeness (QED) is 0.878. The highest BCUT2D eigenvalue weighted by Crippen LogP contribution is 2.47. The Bertz CT molecular complexity index is 402. The van der Waals surface area contributed by atoms with E-state index in [2.05, 4.69) is 15.9 Å². The molecule has 0 amide bonds. The van der Waals surface area contributed by atoms with Crippen molar-refractivity contribution in [1.29, 1.82) is 0 Å². The Labute approximate surface area is 109 Å². The molecule has 1 aromatic rings. The average Bonchev–Trinajstić information content (AvgIpc) is 3.13. The fourth-order valence-electron chi connectivity index (χ4n) is 2.37. The number of hydrogen-bond donors (Lipinski definition) is 2. The molecule has 4 heteroatoms. The van der Waals surface area contributed by atoms with Gasteiger partial charge in [-0.15, -0.1) is 0 Å². The molecule has 1 unspecified atom stereocenters. The molecule has 0 bridgehead atoms. The zero-order valence-corrected chi connectivity index (χ0v) is 11.2. The normalized spacial score (nSPS) is 19.1. The number of rotatable bonds is 5. The lowest BCUT2D eigenvalue weighted by atomic mass is 9.78. The van der Waals surface area contributed by atoms with E-state index in [1.807, 2.05) is 0 Å². The third-order valence-electron chi connectivity index (χ3n) is 3.72. The number of benzene rings is 1. The van der Waals surface area contributed by atoms with Crippen LogP contribution in [0.1, 0.15) is 18.4 Å². The highest BCUT2D eigenvalue weighted by molar-refractivity contribution is 9.10. The molecule has 1 aliphatic carbocycles. The molecule has 3 N–H and O–H groups in total. The topological polar surface area (TPSA) is 46.2 Å². The molecule has 0 aromatic heterocycles. The van der Waals surface area contributed by atoms with Crippen LogP contribution in [0.3, 0.4) is 0 Å². The standard InChI is InChI=1S/C13H17BrFNO/c14-12-5-11(15)4-1-9(12)6-13(7-16,8-17)10-2-3-10/h1,4-5,10,17H,2-3,6-8,16H2. The molecule has 0 spiro atoms. The number of aliphatic hydroxyl groups excluding tert-OH is 1. The van der Waals surface area contributed by atoms with Gasteiger partial charge in [-0.2, -0.15) is 0 Å². The zero-order chi connectivity index (χ0) is 12.5. The second kappa shape index (κ2) is 5.04. The molecular formula is C13H17BrFNO. The summed E-state index contributed by atoms with van der Waals surface area (Å²) in [5.74, 6) is 0.254. The summed E-state index contributed by atoms with van der Waals surface area (Å²) in [5.41, 5.74) is 6.61. The summed E-state index contributed by atoms with van der Waals surface area (Å²) in [7, 11) is 0. The Kier molecular flexibility index (Phi) is 3.85. The summed E-state index contributed by atoms with van der Waals surface area (Å²) in [4.78, 5) is 0. The van der Waals surface area contributed by atoms with Crippen LogP contribution in [-0.2, 0) is 6.42 Å². The minimum absolute atomic E-state index is 0.0952. The van der Waals surface area contributed by atoms with E-state index in [0.717, 1.165) is 22.9 Å². The van der Waals surface area contributed by atoms with E-state index >= 15 is 0 Å². The summed E-state index contributed by atoms with van der Waals surface area (Å²) in [6, 6.07) is 4.67. The number of halogens is 2. The molecule has 2 nitrogen and oxygen atoms in total. The van der Waals surface area contributed by atoms with Crippen LogP contribution < -0.4 is 5.73 Å². The first-order chi connectivity index (χ1) is 8.11. The molecule has 1 aromatic carbocycles. The molecule has 1 aliphatic rings. The summed E-state index contributed by atoms with van der Waals surface area (Å²) in [6.45, 7) is 0.565. The highest BCUT2D eigenvalue weighted by atomic mass is 79.9. The first kappa shape index (κ1) is 13.0. The van der Waals surface area contributed by atoms with Gasteiger partial charge in [-0.25, -0.2) is 4.39 Å². The lowest BCUT2D eigenvalue weighted by Gasteiger charge is -2.31. The van der Waals surface area contributed by atoms with Crippen LogP contribution in [0.5, 0.6) is 0 Å². The zero-order valence-electron chi connectivity index (χ0n) is 9.63. The van der Waals surface area contributed by atoms with Crippen LogP contribution in [0.2, 0.25) is 0 Å². The Morgan fingerprint density at radius 2 is 2.18 bits per heavy atom. The van der Waals surface area contributed by atoms with Crippen LogP contribution in [-0.4, -0.2) is 18.3 Å². The molecule has 2 rings (SSSR count). The minimum Gasteiger partial charge on any atom is -0.396 e. The Balaban J connectivity index is 2.22. The molecule has 0 heterocycles. The van der Waals surface area contributed by atoms with Crippen molar-refractivity contribution >= 4 is 15.9 Å². The predicted octanol–water partition coefficient (Wildman–Crippen LogP) is 2.48. The summed E-state index contributed by atoms with van der Waals surface area (Å²) >= 11 is 3.37. The van der Waals surface area contributed by atoms with Gasteiger partial charge in [-0.1, -0.05) is 22.0 Å². The highest BCUT2D eigenvalue weighted by Gasteiger charge is 2.43. The lowest BCUT2D eigenvalue weighted by Crippen LogP contribution is -2.38. The number of aliphatic hydroxyl groups is 1. The first-order valence-electron chi connectivity index (χ1n) is 5.86. The molecule has 1 fully saturated rings. The van der Waals surface area contributed by atoms with Crippen LogP contribution in [0, 0.1) is 17.2 Å². The molecule has 0 saturated heterocycles. The molecule has 1 saturated carbocycles. The van der Waals surface area contributed by atoms with Gasteiger partial charge in [0, 0.05) is 16.4 Å². The maximum absolute atomic E-state index is 13.0. The molecular weight excluding hydrogens is 285 g/mol. The van der Waals surface area contributed by atoms with Gasteiger partial charge in [-0.05, 0) is 42.9 Å². The van der Waals surface area contributed by atoms with Gasteiger partial charge in [0.15, 0.2) is 0 Å². The largest absolute Gasteiger partial charge is 0.396 e. The van der Waals surface area contributed by atoms with E-state index in [1.54, 1.807) is 6.07 Å². The SMILES string of the molecule is NCC(CO)(Cc1ccc(F)cc1Br)C1CC1. The minimum atomic E-state index is -0.255. The Morgan fingerprint density at radius 3 is 2.65 bits per heavy atom. The van der Waals surface area contributed by atoms with Crippen molar-refractivity contribution in [2.45, 2.75) is 19.3 Å². The van der Waals surface area contributed by atoms with Gasteiger partial charge >= 0.3 is 0 Å². The van der Waals surface area contributed by atoms with Crippen molar-refractivity contribution in [3.63, 3.8) is 0 Å². The fourth-order valence-corrected chi connectivity index (χ4v) is 2.86. The molecule has 1 atom stereocenters. The number of hydrogen-bond acceptors (Lipinski definition) is 2. The van der Waals surface area contributed by atoms with Gasteiger partial charge in [0.1, 0.15) is 5.82 Å². The number of nitrogens with two attached hydrogens (primary N) is 1. The monoisotopic (exact) mass is 301 g/mol. The second-order valence-electron chi connectivity index (χ2n) is 4.91. The van der Waals surface area contributed by atoms with Crippen molar-refractivity contribution in [3.8, 4) is 0 Å². The molecule has 17 heavy (non-hydrogen) atoms. The third kappa shape index (κ3) is 2.69. The van der Waals surface area contributed by atoms with E-state index in [4.69, 9.17) is 5.73 Å². The van der Waals surface area contributed by atoms with Crippen LogP contribution >= 0.6 is 15.9 Å². The maximum Gasteiger partial charge on any atom is 0.124 e. The van der Waals surface area contributed by atoms with Gasteiger partial charge in [0.2, 0.25) is 0 Å². The first-order valence-corrected chi connectivity index (χ1v) is 6.65. The fraction of sp³-hybridized carbons (Fsp3) is 0.538. The Hall–Kier alpha value is -0.450. The van der Waals surface area contributed by atoms with E-state index in [9.17, 15) is 9.50 Å². The van der Waals surface area contributed by atoms with Gasteiger partial charge in [0.25, 0.3) is 0 Å². The van der Waals surface area contributed by atoms with Crippen molar-refractivity contribution in [3.05, 3.63) is 34.1 Å². The van der Waals surface area contributed by atoms with Gasteiger partial charge < -0.3 is 10.8 Å². The summed E-state index contributed by atoms with van der Waals surface area (Å²) in [5, 5.41) is 9.62. The molecule has 94 valence electrons. The van der Waals surface area contributed by atoms with E-state index in [1.165, 1.54) is 12.1 Å². The lowest BCUT2D eigenvalue weighted by molar-refractivity contribution is 0.109. The van der Waals surface area contributed by atoms with Crippen molar-refractivity contribution in [1.82, 2.24) is 0 Å². The maximum atomic E-state index is 13.0. The smallest absolute Gasteiger partial charge is 0.124 e. The average molecular weight is 302 g/mol. The summed E-state index contributed by atoms with van der Waals surface area (Å²) in [6.07, 6.45) is 2.97. The third-order valence-corrected chi connectivity index (χ3v) is 4.46. The van der Waals surface area contributed by atoms with Crippen molar-refractivity contribution in [2.75, 3.05) is 13.2 Å². The van der Waals surface area contributed by atoms with Crippen molar-refractivity contribution < 1.29 is 9.50 Å². The Morgan fingerprint density at radius 1 is 1.47 bits per heavy atom. The van der Waals surface area contributed by atoms with E-state index in [-0.39, 0.29) is 17.8 Å². The molecule has 0 aliphatic heterocycles. The second-order valence-corrected chi connectivity index (χ2v) is 5.77. The van der Waals surface area contributed by atoms with Crippen LogP contribution in [0.15, 0.2) is 22.7 Å². The van der Waals surface area contributed by atoms with Gasteiger partial charge in [0.05, 0.1) is 6.61 Å². The summed E-state index contributed by atoms with van der Waals surface area (Å²) < 4.78 is 13.8. The van der Waals surface area contributed by atoms with Crippen LogP contribution in [0.25, 0.3) is 0 Å². The van der Waals surface area contributed by atoms with Crippen LogP contribution in [0.4, 0.5) is 4.39 Å². The predicted molar refractivity (Wildman–Crippen MR) is 69.1 cm³/mol. The van der Waals surface area contributed by atoms with E-state index in [0.29, 0.717) is 18.9 Å². The van der Waals surface area contributed by atoms with Crippen molar-refractivity contribution in [2.24, 2.45) is 17.1 Å². The van der Waals surface area contributed by atoms with Gasteiger partial charge in [-0.3, -0.25) is 0 Å². The molecule has 0 radical (unpaired) electrons.